The van der Waals surface area contributed by atoms with Gasteiger partial charge in [0.1, 0.15) is 11.4 Å². The summed E-state index contributed by atoms with van der Waals surface area (Å²) in [5.41, 5.74) is 2.97. The van der Waals surface area contributed by atoms with Crippen LogP contribution in [0.1, 0.15) is 19.8 Å². The molecule has 4 aromatic rings. The first-order valence-electron chi connectivity index (χ1n) is 9.28. The van der Waals surface area contributed by atoms with Gasteiger partial charge in [-0.15, -0.1) is 0 Å². The molecule has 0 fully saturated rings. The van der Waals surface area contributed by atoms with Crippen LogP contribution in [0.15, 0.2) is 30.6 Å². The molecular weight excluding hydrogens is 406 g/mol. The Kier molecular flexibility index (Phi) is 5.25. The highest BCUT2D eigenvalue weighted by Gasteiger charge is 2.17. The van der Waals surface area contributed by atoms with E-state index in [0.717, 1.165) is 10.9 Å². The molecule has 1 amide bonds. The number of rotatable bonds is 5. The summed E-state index contributed by atoms with van der Waals surface area (Å²) < 4.78 is 7.14. The van der Waals surface area contributed by atoms with Crippen molar-refractivity contribution in [2.24, 2.45) is 7.05 Å². The molecule has 0 radical (unpaired) electrons. The lowest BCUT2D eigenvalue weighted by molar-refractivity contribution is 0.197. The summed E-state index contributed by atoms with van der Waals surface area (Å²) in [5.74, 6) is 0.257. The minimum absolute atomic E-state index is 0.185. The van der Waals surface area contributed by atoms with Gasteiger partial charge in [0.2, 0.25) is 0 Å². The number of amides is 1. The number of carbonyl (C=O) groups excluding carboxylic acids is 1. The number of nitrogens with one attached hydrogen (secondary N) is 2. The summed E-state index contributed by atoms with van der Waals surface area (Å²) in [5, 5.41) is 17.4. The standard InChI is InChI=1S/C20H18ClN7O2/c1-11(4-3-7-22)25-20(29)30-16-10-24-19-18(16)26-14(9-23-19)17-13-6-5-12(21)8-15(13)28(2)27-17/h5-6,8-11H,3-4H2,1-2H3,(H,23,24)(H,25,29)/t11-/m1/s1. The molecule has 30 heavy (non-hydrogen) atoms. The Hall–Kier alpha value is -3.64. The highest BCUT2D eigenvalue weighted by molar-refractivity contribution is 6.31. The van der Waals surface area contributed by atoms with Crippen LogP contribution < -0.4 is 10.1 Å². The van der Waals surface area contributed by atoms with Crippen LogP contribution in [0.4, 0.5) is 4.79 Å². The number of benzene rings is 1. The van der Waals surface area contributed by atoms with E-state index in [-0.39, 0.29) is 11.8 Å². The number of hydrogen-bond acceptors (Lipinski definition) is 6. The van der Waals surface area contributed by atoms with Crippen molar-refractivity contribution in [3.63, 3.8) is 0 Å². The van der Waals surface area contributed by atoms with Gasteiger partial charge in [-0.2, -0.15) is 10.4 Å². The van der Waals surface area contributed by atoms with Crippen LogP contribution in [0.5, 0.6) is 5.75 Å². The highest BCUT2D eigenvalue weighted by atomic mass is 35.5. The third kappa shape index (κ3) is 3.77. The van der Waals surface area contributed by atoms with Crippen LogP contribution in [0, 0.1) is 11.3 Å². The molecule has 0 saturated carbocycles. The van der Waals surface area contributed by atoms with Crippen molar-refractivity contribution < 1.29 is 9.53 Å². The second-order valence-electron chi connectivity index (χ2n) is 6.87. The Balaban J connectivity index is 1.64. The number of carbonyl (C=O) groups is 1. The van der Waals surface area contributed by atoms with Crippen molar-refractivity contribution in [1.29, 1.82) is 5.26 Å². The maximum Gasteiger partial charge on any atom is 0.412 e. The van der Waals surface area contributed by atoms with Crippen LogP contribution in [0.2, 0.25) is 5.02 Å². The Labute approximate surface area is 176 Å². The Morgan fingerprint density at radius 1 is 1.47 bits per heavy atom. The maximum atomic E-state index is 12.2. The molecule has 0 aliphatic rings. The van der Waals surface area contributed by atoms with E-state index in [4.69, 9.17) is 21.6 Å². The molecule has 4 rings (SSSR count). The van der Waals surface area contributed by atoms with Gasteiger partial charge < -0.3 is 15.0 Å². The first-order chi connectivity index (χ1) is 14.5. The molecule has 9 nitrogen and oxygen atoms in total. The van der Waals surface area contributed by atoms with Gasteiger partial charge >= 0.3 is 6.09 Å². The Morgan fingerprint density at radius 2 is 2.30 bits per heavy atom. The average molecular weight is 424 g/mol. The predicted octanol–water partition coefficient (Wildman–Crippen LogP) is 3.95. The quantitative estimate of drug-likeness (QED) is 0.501. The highest BCUT2D eigenvalue weighted by Crippen LogP contribution is 2.30. The summed E-state index contributed by atoms with van der Waals surface area (Å²) in [6, 6.07) is 7.38. The molecule has 1 atom stereocenters. The largest absolute Gasteiger partial charge is 0.412 e. The van der Waals surface area contributed by atoms with E-state index in [1.54, 1.807) is 16.9 Å². The van der Waals surface area contributed by atoms with E-state index in [9.17, 15) is 4.79 Å². The van der Waals surface area contributed by atoms with Crippen LogP contribution in [-0.2, 0) is 7.05 Å². The third-order valence-electron chi connectivity index (χ3n) is 4.66. The molecular formula is C20H18ClN7O2. The normalized spacial score (nSPS) is 12.1. The van der Waals surface area contributed by atoms with E-state index in [2.05, 4.69) is 31.4 Å². The van der Waals surface area contributed by atoms with E-state index in [1.165, 1.54) is 6.20 Å². The van der Waals surface area contributed by atoms with Gasteiger partial charge in [0, 0.05) is 36.1 Å². The van der Waals surface area contributed by atoms with E-state index >= 15 is 0 Å². The second-order valence-corrected chi connectivity index (χ2v) is 7.31. The molecule has 0 bridgehead atoms. The minimum Gasteiger partial charge on any atom is -0.406 e. The molecule has 152 valence electrons. The molecule has 3 aromatic heterocycles. The van der Waals surface area contributed by atoms with Crippen molar-refractivity contribution in [2.45, 2.75) is 25.8 Å². The van der Waals surface area contributed by atoms with Crippen molar-refractivity contribution >= 4 is 39.8 Å². The maximum absolute atomic E-state index is 12.2. The molecule has 0 spiro atoms. The van der Waals surface area contributed by atoms with Gasteiger partial charge in [0.25, 0.3) is 0 Å². The zero-order valence-electron chi connectivity index (χ0n) is 16.3. The van der Waals surface area contributed by atoms with Crippen LogP contribution in [0.3, 0.4) is 0 Å². The monoisotopic (exact) mass is 423 g/mol. The number of nitriles is 1. The SMILES string of the molecule is C[C@H](CCC#N)NC(=O)Oc1c[nH]c2ncc(-c3nn(C)c4cc(Cl)ccc34)nc12. The smallest absolute Gasteiger partial charge is 0.406 e. The molecule has 3 heterocycles. The van der Waals surface area contributed by atoms with Gasteiger partial charge in [-0.3, -0.25) is 4.68 Å². The fourth-order valence-corrected chi connectivity index (χ4v) is 3.33. The van der Waals surface area contributed by atoms with Crippen LogP contribution in [0.25, 0.3) is 33.5 Å². The Bertz CT molecular complexity index is 1290. The van der Waals surface area contributed by atoms with Gasteiger partial charge in [0.15, 0.2) is 16.9 Å². The van der Waals surface area contributed by atoms with Crippen LogP contribution in [-0.4, -0.2) is 36.9 Å². The first-order valence-corrected chi connectivity index (χ1v) is 9.66. The van der Waals surface area contributed by atoms with Crippen molar-refractivity contribution in [1.82, 2.24) is 30.0 Å². The van der Waals surface area contributed by atoms with Crippen molar-refractivity contribution in [2.75, 3.05) is 0 Å². The second kappa shape index (κ2) is 8.00. The lowest BCUT2D eigenvalue weighted by Gasteiger charge is -2.11. The van der Waals surface area contributed by atoms with Gasteiger partial charge in [0.05, 0.1) is 17.8 Å². The summed E-state index contributed by atoms with van der Waals surface area (Å²) >= 11 is 6.10. The van der Waals surface area contributed by atoms with Gasteiger partial charge in [-0.05, 0) is 31.5 Å². The summed E-state index contributed by atoms with van der Waals surface area (Å²) in [6.07, 6.45) is 3.42. The number of aromatic nitrogens is 5. The summed E-state index contributed by atoms with van der Waals surface area (Å²) in [6.45, 7) is 1.81. The fourth-order valence-electron chi connectivity index (χ4n) is 3.16. The number of halogens is 1. The topological polar surface area (TPSA) is 122 Å². The van der Waals surface area contributed by atoms with Crippen LogP contribution >= 0.6 is 11.6 Å². The molecule has 1 aromatic carbocycles. The van der Waals surface area contributed by atoms with Gasteiger partial charge in [-0.1, -0.05) is 11.6 Å². The fraction of sp³-hybridized carbons (Fsp3) is 0.250. The molecule has 2 N–H and O–H groups in total. The average Bonchev–Trinajstić information content (AvgIpc) is 3.27. The lowest BCUT2D eigenvalue weighted by Crippen LogP contribution is -2.34. The molecule has 0 aliphatic carbocycles. The number of aryl methyl sites for hydroxylation is 1. The molecule has 10 heteroatoms. The zero-order valence-corrected chi connectivity index (χ0v) is 17.1. The van der Waals surface area contributed by atoms with Crippen molar-refractivity contribution in [3.05, 3.63) is 35.6 Å². The van der Waals surface area contributed by atoms with E-state index in [1.807, 2.05) is 26.1 Å². The van der Waals surface area contributed by atoms with E-state index < -0.39 is 6.09 Å². The number of nitrogens with zero attached hydrogens (tertiary/aromatic N) is 5. The number of aromatic amines is 1. The molecule has 0 aliphatic heterocycles. The van der Waals surface area contributed by atoms with E-state index in [0.29, 0.717) is 40.4 Å². The zero-order chi connectivity index (χ0) is 21.3. The number of hydrogen-bond donors (Lipinski definition) is 2. The molecule has 0 unspecified atom stereocenters. The number of ether oxygens (including phenoxy) is 1. The summed E-state index contributed by atoms with van der Waals surface area (Å²) in [7, 11) is 1.83. The van der Waals surface area contributed by atoms with Gasteiger partial charge in [-0.25, -0.2) is 14.8 Å². The third-order valence-corrected chi connectivity index (χ3v) is 4.89. The summed E-state index contributed by atoms with van der Waals surface area (Å²) in [4.78, 5) is 24.1. The number of fused-ring (bicyclic) bond motifs is 2. The minimum atomic E-state index is -0.619. The van der Waals surface area contributed by atoms with Crippen molar-refractivity contribution in [3.8, 4) is 23.2 Å². The first kappa shape index (κ1) is 19.7. The Morgan fingerprint density at radius 3 is 3.10 bits per heavy atom. The predicted molar refractivity (Wildman–Crippen MR) is 112 cm³/mol. The number of H-pyrrole nitrogens is 1. The lowest BCUT2D eigenvalue weighted by atomic mass is 10.2. The molecule has 0 saturated heterocycles.